The number of pyridine rings is 1. The molecular formula is C14H14N4O. The molecule has 0 bridgehead atoms. The van der Waals surface area contributed by atoms with Crippen LogP contribution in [0.2, 0.25) is 0 Å². The van der Waals surface area contributed by atoms with Crippen molar-refractivity contribution in [3.63, 3.8) is 0 Å². The van der Waals surface area contributed by atoms with Crippen molar-refractivity contribution < 1.29 is 5.11 Å². The van der Waals surface area contributed by atoms with Gasteiger partial charge < -0.3 is 10.8 Å². The summed E-state index contributed by atoms with van der Waals surface area (Å²) in [6.45, 7) is 0.439. The normalized spacial score (nSPS) is 11.0. The molecule has 2 heterocycles. The van der Waals surface area contributed by atoms with Crippen LogP contribution in [0.15, 0.2) is 42.6 Å². The summed E-state index contributed by atoms with van der Waals surface area (Å²) >= 11 is 0. The first-order valence-electron chi connectivity index (χ1n) is 6.07. The Balaban J connectivity index is 1.98. The Morgan fingerprint density at radius 2 is 2.11 bits per heavy atom. The number of aromatic hydroxyl groups is 1. The Labute approximate surface area is 110 Å². The Morgan fingerprint density at radius 3 is 2.89 bits per heavy atom. The van der Waals surface area contributed by atoms with E-state index in [1.807, 2.05) is 30.5 Å². The minimum absolute atomic E-state index is 0.254. The molecule has 1 aromatic carbocycles. The van der Waals surface area contributed by atoms with E-state index in [1.54, 1.807) is 16.6 Å². The van der Waals surface area contributed by atoms with Crippen LogP contribution in [0.4, 0.5) is 0 Å². The van der Waals surface area contributed by atoms with Crippen molar-refractivity contribution in [1.82, 2.24) is 14.6 Å². The Hall–Kier alpha value is -2.40. The zero-order valence-electron chi connectivity index (χ0n) is 10.3. The van der Waals surface area contributed by atoms with Gasteiger partial charge in [-0.2, -0.15) is 5.10 Å². The van der Waals surface area contributed by atoms with E-state index in [0.717, 1.165) is 16.8 Å². The number of nitrogens with zero attached hydrogens (tertiary/aromatic N) is 3. The monoisotopic (exact) mass is 254 g/mol. The highest BCUT2D eigenvalue weighted by Gasteiger charge is 2.07. The maximum atomic E-state index is 9.45. The molecule has 5 nitrogen and oxygen atoms in total. The van der Waals surface area contributed by atoms with Crippen LogP contribution in [0, 0.1) is 0 Å². The van der Waals surface area contributed by atoms with Crippen molar-refractivity contribution >= 4 is 5.65 Å². The average molecular weight is 254 g/mol. The molecule has 0 amide bonds. The molecule has 0 saturated carbocycles. The Kier molecular flexibility index (Phi) is 2.89. The van der Waals surface area contributed by atoms with E-state index in [0.29, 0.717) is 18.8 Å². The minimum Gasteiger partial charge on any atom is -0.508 e. The summed E-state index contributed by atoms with van der Waals surface area (Å²) in [6.07, 6.45) is 2.44. The lowest BCUT2D eigenvalue weighted by Crippen LogP contribution is -1.99. The number of phenolic OH excluding ortho intramolecular Hbond substituents is 1. The van der Waals surface area contributed by atoms with Gasteiger partial charge in [-0.05, 0) is 23.8 Å². The second-order valence-electron chi connectivity index (χ2n) is 4.38. The minimum atomic E-state index is 0.254. The summed E-state index contributed by atoms with van der Waals surface area (Å²) in [5, 5.41) is 13.9. The van der Waals surface area contributed by atoms with Crippen LogP contribution in [-0.2, 0) is 13.0 Å². The molecule has 5 heteroatoms. The zero-order chi connectivity index (χ0) is 13.2. The first kappa shape index (κ1) is 11.7. The van der Waals surface area contributed by atoms with Crippen molar-refractivity contribution in [3.8, 4) is 5.75 Å². The van der Waals surface area contributed by atoms with Gasteiger partial charge in [0.05, 0.1) is 0 Å². The number of hydrogen-bond acceptors (Lipinski definition) is 4. The number of hydrogen-bond donors (Lipinski definition) is 2. The molecule has 3 rings (SSSR count). The van der Waals surface area contributed by atoms with E-state index in [9.17, 15) is 5.11 Å². The maximum absolute atomic E-state index is 9.45. The number of phenols is 1. The van der Waals surface area contributed by atoms with Gasteiger partial charge in [0.25, 0.3) is 0 Å². The Morgan fingerprint density at radius 1 is 1.21 bits per heavy atom. The highest BCUT2D eigenvalue weighted by atomic mass is 16.3. The fourth-order valence-electron chi connectivity index (χ4n) is 2.09. The molecule has 0 atom stereocenters. The summed E-state index contributed by atoms with van der Waals surface area (Å²) in [5.74, 6) is 0.968. The van der Waals surface area contributed by atoms with E-state index in [1.165, 1.54) is 0 Å². The van der Waals surface area contributed by atoms with E-state index in [4.69, 9.17) is 5.73 Å². The van der Waals surface area contributed by atoms with Crippen LogP contribution in [0.5, 0.6) is 5.75 Å². The van der Waals surface area contributed by atoms with Crippen LogP contribution >= 0.6 is 0 Å². The fraction of sp³-hybridized carbons (Fsp3) is 0.143. The lowest BCUT2D eigenvalue weighted by Gasteiger charge is -1.97. The third-order valence-electron chi connectivity index (χ3n) is 2.98. The maximum Gasteiger partial charge on any atom is 0.160 e. The standard InChI is InChI=1S/C14H14N4O/c15-9-11-4-2-6-18-14(11)16-13(17-18)8-10-3-1-5-12(19)7-10/h1-7,19H,8-9,15H2. The molecule has 0 aliphatic carbocycles. The molecule has 0 aliphatic heterocycles. The summed E-state index contributed by atoms with van der Waals surface area (Å²) in [6, 6.07) is 11.0. The zero-order valence-corrected chi connectivity index (χ0v) is 10.3. The second kappa shape index (κ2) is 4.70. The van der Waals surface area contributed by atoms with Crippen molar-refractivity contribution in [2.45, 2.75) is 13.0 Å². The predicted octanol–water partition coefficient (Wildman–Crippen LogP) is 1.48. The quantitative estimate of drug-likeness (QED) is 0.742. The van der Waals surface area contributed by atoms with Gasteiger partial charge in [0.15, 0.2) is 11.5 Å². The smallest absolute Gasteiger partial charge is 0.160 e. The number of benzene rings is 1. The van der Waals surface area contributed by atoms with Crippen molar-refractivity contribution in [2.75, 3.05) is 0 Å². The summed E-state index contributed by atoms with van der Waals surface area (Å²) in [7, 11) is 0. The third-order valence-corrected chi connectivity index (χ3v) is 2.98. The fourth-order valence-corrected chi connectivity index (χ4v) is 2.09. The molecule has 0 unspecified atom stereocenters. The topological polar surface area (TPSA) is 76.4 Å². The van der Waals surface area contributed by atoms with Crippen LogP contribution < -0.4 is 5.73 Å². The molecule has 96 valence electrons. The largest absolute Gasteiger partial charge is 0.508 e. The van der Waals surface area contributed by atoms with Crippen molar-refractivity contribution in [2.24, 2.45) is 5.73 Å². The van der Waals surface area contributed by atoms with Crippen LogP contribution in [0.1, 0.15) is 17.0 Å². The van der Waals surface area contributed by atoms with Crippen molar-refractivity contribution in [3.05, 3.63) is 59.5 Å². The molecule has 0 radical (unpaired) electrons. The molecule has 0 saturated heterocycles. The first-order chi connectivity index (χ1) is 9.26. The highest BCUT2D eigenvalue weighted by Crippen LogP contribution is 2.15. The van der Waals surface area contributed by atoms with Gasteiger partial charge in [0.2, 0.25) is 0 Å². The van der Waals surface area contributed by atoms with Gasteiger partial charge in [-0.25, -0.2) is 9.50 Å². The van der Waals surface area contributed by atoms with Gasteiger partial charge >= 0.3 is 0 Å². The Bertz CT molecular complexity index is 720. The van der Waals surface area contributed by atoms with E-state index < -0.39 is 0 Å². The molecule has 0 aliphatic rings. The first-order valence-corrected chi connectivity index (χ1v) is 6.07. The van der Waals surface area contributed by atoms with Crippen molar-refractivity contribution in [1.29, 1.82) is 0 Å². The molecule has 3 N–H and O–H groups in total. The molecule has 3 aromatic rings. The van der Waals surface area contributed by atoms with Gasteiger partial charge in [-0.3, -0.25) is 0 Å². The number of aromatic nitrogens is 3. The van der Waals surface area contributed by atoms with E-state index >= 15 is 0 Å². The molecule has 0 fully saturated rings. The molecule has 0 spiro atoms. The second-order valence-corrected chi connectivity index (χ2v) is 4.38. The van der Waals surface area contributed by atoms with Gasteiger partial charge in [0, 0.05) is 24.7 Å². The highest BCUT2D eigenvalue weighted by molar-refractivity contribution is 5.47. The molecular weight excluding hydrogens is 240 g/mol. The number of rotatable bonds is 3. The third kappa shape index (κ3) is 2.28. The lowest BCUT2D eigenvalue weighted by molar-refractivity contribution is 0.474. The van der Waals surface area contributed by atoms with Crippen LogP contribution in [0.3, 0.4) is 0 Å². The van der Waals surface area contributed by atoms with Gasteiger partial charge in [-0.1, -0.05) is 18.2 Å². The van der Waals surface area contributed by atoms with E-state index in [2.05, 4.69) is 10.1 Å². The summed E-state index contributed by atoms with van der Waals surface area (Å²) in [4.78, 5) is 4.50. The molecule has 19 heavy (non-hydrogen) atoms. The average Bonchev–Trinajstić information content (AvgIpc) is 2.80. The van der Waals surface area contributed by atoms with E-state index in [-0.39, 0.29) is 5.75 Å². The van der Waals surface area contributed by atoms with Gasteiger partial charge in [0.1, 0.15) is 5.75 Å². The summed E-state index contributed by atoms with van der Waals surface area (Å²) in [5.41, 5.74) is 8.42. The van der Waals surface area contributed by atoms with Crippen LogP contribution in [0.25, 0.3) is 5.65 Å². The lowest BCUT2D eigenvalue weighted by atomic mass is 10.1. The number of nitrogens with two attached hydrogens (primary N) is 1. The SMILES string of the molecule is NCc1cccn2nc(Cc3cccc(O)c3)nc12. The van der Waals surface area contributed by atoms with Crippen LogP contribution in [-0.4, -0.2) is 19.7 Å². The van der Waals surface area contributed by atoms with Gasteiger partial charge in [-0.15, -0.1) is 0 Å². The molecule has 2 aromatic heterocycles. The summed E-state index contributed by atoms with van der Waals surface area (Å²) < 4.78 is 1.74. The predicted molar refractivity (Wildman–Crippen MR) is 71.8 cm³/mol. The number of fused-ring (bicyclic) bond motifs is 1.